The Morgan fingerprint density at radius 3 is 2.61 bits per heavy atom. The van der Waals surface area contributed by atoms with Gasteiger partial charge in [-0.05, 0) is 25.1 Å². The van der Waals surface area contributed by atoms with Crippen LogP contribution in [0.4, 0.5) is 0 Å². The third-order valence-electron chi connectivity index (χ3n) is 3.87. The Kier molecular flexibility index (Phi) is 4.74. The van der Waals surface area contributed by atoms with E-state index in [2.05, 4.69) is 29.6 Å². The van der Waals surface area contributed by atoms with E-state index in [0.717, 1.165) is 29.1 Å². The molecule has 0 unspecified atom stereocenters. The van der Waals surface area contributed by atoms with Crippen molar-refractivity contribution in [3.8, 4) is 11.4 Å². The van der Waals surface area contributed by atoms with Crippen molar-refractivity contribution in [2.75, 3.05) is 7.11 Å². The predicted octanol–water partition coefficient (Wildman–Crippen LogP) is 3.73. The highest BCUT2D eigenvalue weighted by atomic mass is 16.5. The third-order valence-corrected chi connectivity index (χ3v) is 3.87. The van der Waals surface area contributed by atoms with E-state index in [1.54, 1.807) is 7.11 Å². The molecule has 0 spiro atoms. The number of benzene rings is 2. The maximum atomic E-state index is 5.42. The van der Waals surface area contributed by atoms with Crippen LogP contribution in [0.15, 0.2) is 67.0 Å². The van der Waals surface area contributed by atoms with Crippen molar-refractivity contribution in [3.63, 3.8) is 0 Å². The van der Waals surface area contributed by atoms with Crippen molar-refractivity contribution in [2.45, 2.75) is 19.5 Å². The van der Waals surface area contributed by atoms with Crippen molar-refractivity contribution in [2.24, 2.45) is 0 Å². The molecule has 1 N–H and O–H groups in total. The van der Waals surface area contributed by atoms with Crippen LogP contribution < -0.4 is 10.1 Å². The van der Waals surface area contributed by atoms with Crippen LogP contribution in [0.1, 0.15) is 24.1 Å². The van der Waals surface area contributed by atoms with Crippen molar-refractivity contribution in [1.82, 2.24) is 15.1 Å². The number of methoxy groups -OCH3 is 1. The number of hydrogen-bond donors (Lipinski definition) is 1. The van der Waals surface area contributed by atoms with Gasteiger partial charge < -0.3 is 10.1 Å². The molecule has 0 saturated carbocycles. The molecule has 0 fully saturated rings. The molecule has 0 amide bonds. The van der Waals surface area contributed by atoms with Gasteiger partial charge in [-0.2, -0.15) is 5.10 Å². The molecule has 3 rings (SSSR count). The standard InChI is InChI=1S/C19H21N3O/c1-15(18-10-6-7-11-19(18)23-2)20-12-16-13-21-22(14-16)17-8-4-3-5-9-17/h3-11,13-15,20H,12H2,1-2H3/t15-/m1/s1. The maximum Gasteiger partial charge on any atom is 0.123 e. The minimum Gasteiger partial charge on any atom is -0.496 e. The van der Waals surface area contributed by atoms with Gasteiger partial charge in [0, 0.05) is 29.9 Å². The molecule has 2 aromatic carbocycles. The summed E-state index contributed by atoms with van der Waals surface area (Å²) in [5.74, 6) is 0.910. The van der Waals surface area contributed by atoms with E-state index in [9.17, 15) is 0 Å². The van der Waals surface area contributed by atoms with Crippen molar-refractivity contribution >= 4 is 0 Å². The van der Waals surface area contributed by atoms with Gasteiger partial charge in [-0.25, -0.2) is 4.68 Å². The van der Waals surface area contributed by atoms with Crippen LogP contribution >= 0.6 is 0 Å². The summed E-state index contributed by atoms with van der Waals surface area (Å²) in [5, 5.41) is 7.94. The van der Waals surface area contributed by atoms with Gasteiger partial charge in [0.25, 0.3) is 0 Å². The molecule has 0 aliphatic rings. The first kappa shape index (κ1) is 15.3. The Labute approximate surface area is 136 Å². The van der Waals surface area contributed by atoms with E-state index < -0.39 is 0 Å². The fourth-order valence-corrected chi connectivity index (χ4v) is 2.58. The maximum absolute atomic E-state index is 5.42. The molecule has 1 atom stereocenters. The Morgan fingerprint density at radius 1 is 1.09 bits per heavy atom. The van der Waals surface area contributed by atoms with E-state index in [1.807, 2.05) is 59.4 Å². The summed E-state index contributed by atoms with van der Waals surface area (Å²) >= 11 is 0. The number of rotatable bonds is 6. The number of ether oxygens (including phenoxy) is 1. The van der Waals surface area contributed by atoms with Crippen molar-refractivity contribution in [1.29, 1.82) is 0 Å². The van der Waals surface area contributed by atoms with Crippen LogP contribution in [-0.2, 0) is 6.54 Å². The lowest BCUT2D eigenvalue weighted by Gasteiger charge is -2.16. The molecule has 0 aliphatic carbocycles. The summed E-state index contributed by atoms with van der Waals surface area (Å²) in [6, 6.07) is 18.4. The average Bonchev–Trinajstić information content (AvgIpc) is 3.09. The molecule has 0 saturated heterocycles. The number of nitrogens with one attached hydrogen (secondary N) is 1. The van der Waals surface area contributed by atoms with Gasteiger partial charge in [0.1, 0.15) is 5.75 Å². The zero-order valence-corrected chi connectivity index (χ0v) is 13.4. The first-order chi connectivity index (χ1) is 11.3. The summed E-state index contributed by atoms with van der Waals surface area (Å²) in [6.07, 6.45) is 3.95. The molecule has 0 radical (unpaired) electrons. The van der Waals surface area contributed by atoms with Gasteiger partial charge in [0.2, 0.25) is 0 Å². The number of hydrogen-bond acceptors (Lipinski definition) is 3. The topological polar surface area (TPSA) is 39.1 Å². The minimum atomic E-state index is 0.200. The molecule has 0 bridgehead atoms. The molecule has 3 aromatic rings. The Morgan fingerprint density at radius 2 is 1.83 bits per heavy atom. The van der Waals surface area contributed by atoms with Gasteiger partial charge >= 0.3 is 0 Å². The lowest BCUT2D eigenvalue weighted by molar-refractivity contribution is 0.401. The minimum absolute atomic E-state index is 0.200. The van der Waals surface area contributed by atoms with Crippen LogP contribution in [-0.4, -0.2) is 16.9 Å². The van der Waals surface area contributed by atoms with Crippen LogP contribution in [0.3, 0.4) is 0 Å². The Bertz CT molecular complexity index is 752. The summed E-state index contributed by atoms with van der Waals surface area (Å²) in [6.45, 7) is 2.89. The summed E-state index contributed by atoms with van der Waals surface area (Å²) in [5.41, 5.74) is 3.37. The molecule has 23 heavy (non-hydrogen) atoms. The second kappa shape index (κ2) is 7.11. The molecular weight excluding hydrogens is 286 g/mol. The fraction of sp³-hybridized carbons (Fsp3) is 0.211. The van der Waals surface area contributed by atoms with E-state index >= 15 is 0 Å². The molecular formula is C19H21N3O. The van der Waals surface area contributed by atoms with E-state index in [4.69, 9.17) is 4.74 Å². The summed E-state index contributed by atoms with van der Waals surface area (Å²) in [7, 11) is 1.70. The Balaban J connectivity index is 1.66. The highest BCUT2D eigenvalue weighted by molar-refractivity contribution is 5.35. The van der Waals surface area contributed by atoms with Crippen molar-refractivity contribution in [3.05, 3.63) is 78.1 Å². The smallest absolute Gasteiger partial charge is 0.123 e. The van der Waals surface area contributed by atoms with E-state index in [0.29, 0.717) is 0 Å². The van der Waals surface area contributed by atoms with Crippen LogP contribution in [0.25, 0.3) is 5.69 Å². The van der Waals surface area contributed by atoms with Gasteiger partial charge in [-0.1, -0.05) is 36.4 Å². The van der Waals surface area contributed by atoms with Gasteiger partial charge in [-0.15, -0.1) is 0 Å². The molecule has 1 heterocycles. The lowest BCUT2D eigenvalue weighted by atomic mass is 10.1. The van der Waals surface area contributed by atoms with E-state index in [-0.39, 0.29) is 6.04 Å². The summed E-state index contributed by atoms with van der Waals surface area (Å²) in [4.78, 5) is 0. The molecule has 118 valence electrons. The number of aromatic nitrogens is 2. The normalized spacial score (nSPS) is 12.1. The second-order valence-corrected chi connectivity index (χ2v) is 5.47. The average molecular weight is 307 g/mol. The highest BCUT2D eigenvalue weighted by Crippen LogP contribution is 2.24. The number of nitrogens with zero attached hydrogens (tertiary/aromatic N) is 2. The molecule has 4 heteroatoms. The largest absolute Gasteiger partial charge is 0.496 e. The predicted molar refractivity (Wildman–Crippen MR) is 91.8 cm³/mol. The zero-order valence-electron chi connectivity index (χ0n) is 13.4. The highest BCUT2D eigenvalue weighted by Gasteiger charge is 2.10. The molecule has 0 aliphatic heterocycles. The first-order valence-corrected chi connectivity index (χ1v) is 7.73. The number of para-hydroxylation sites is 2. The van der Waals surface area contributed by atoms with Gasteiger partial charge in [0.05, 0.1) is 19.0 Å². The molecule has 4 nitrogen and oxygen atoms in total. The zero-order chi connectivity index (χ0) is 16.1. The Hall–Kier alpha value is -2.59. The lowest BCUT2D eigenvalue weighted by Crippen LogP contribution is -2.18. The van der Waals surface area contributed by atoms with Gasteiger partial charge in [-0.3, -0.25) is 0 Å². The fourth-order valence-electron chi connectivity index (χ4n) is 2.58. The second-order valence-electron chi connectivity index (χ2n) is 5.47. The van der Waals surface area contributed by atoms with Crippen LogP contribution in [0.2, 0.25) is 0 Å². The van der Waals surface area contributed by atoms with Crippen molar-refractivity contribution < 1.29 is 4.74 Å². The summed E-state index contributed by atoms with van der Waals surface area (Å²) < 4.78 is 7.32. The van der Waals surface area contributed by atoms with Crippen LogP contribution in [0.5, 0.6) is 5.75 Å². The van der Waals surface area contributed by atoms with Gasteiger partial charge in [0.15, 0.2) is 0 Å². The van der Waals surface area contributed by atoms with Crippen LogP contribution in [0, 0.1) is 0 Å². The SMILES string of the molecule is COc1ccccc1[C@@H](C)NCc1cnn(-c2ccccc2)c1. The third kappa shape index (κ3) is 3.60. The quantitative estimate of drug-likeness (QED) is 0.754. The van der Waals surface area contributed by atoms with E-state index in [1.165, 1.54) is 0 Å². The first-order valence-electron chi connectivity index (χ1n) is 7.73. The monoisotopic (exact) mass is 307 g/mol. The molecule has 1 aromatic heterocycles.